The van der Waals surface area contributed by atoms with Gasteiger partial charge in [-0.05, 0) is 24.6 Å². The van der Waals surface area contributed by atoms with Crippen LogP contribution in [-0.2, 0) is 0 Å². The summed E-state index contributed by atoms with van der Waals surface area (Å²) in [7, 11) is 0. The maximum atomic E-state index is 12.7. The summed E-state index contributed by atoms with van der Waals surface area (Å²) in [6, 6.07) is 7.54. The van der Waals surface area contributed by atoms with E-state index in [1.54, 1.807) is 6.92 Å². The third kappa shape index (κ3) is 2.80. The molecule has 0 spiro atoms. The molecule has 1 aromatic carbocycles. The van der Waals surface area contributed by atoms with Gasteiger partial charge < -0.3 is 14.6 Å². The first-order chi connectivity index (χ1) is 10.2. The number of aryl methyl sites for hydroxylation is 1. The van der Waals surface area contributed by atoms with Gasteiger partial charge in [0.2, 0.25) is 5.76 Å². The predicted molar refractivity (Wildman–Crippen MR) is 79.3 cm³/mol. The molecule has 1 amide bonds. The van der Waals surface area contributed by atoms with Crippen molar-refractivity contribution >= 4 is 17.5 Å². The molecule has 2 aromatic rings. The molecule has 5 nitrogen and oxygen atoms in total. The minimum Gasteiger partial charge on any atom is -0.438 e. The molecular formula is C15H16ClN3O2. The van der Waals surface area contributed by atoms with Gasteiger partial charge in [-0.3, -0.25) is 4.79 Å². The summed E-state index contributed by atoms with van der Waals surface area (Å²) in [4.78, 5) is 18.5. The van der Waals surface area contributed by atoms with Crippen LogP contribution in [0.25, 0.3) is 0 Å². The number of piperazine rings is 1. The molecule has 1 atom stereocenters. The molecule has 6 heteroatoms. The van der Waals surface area contributed by atoms with Crippen LogP contribution in [0.5, 0.6) is 0 Å². The fourth-order valence-electron chi connectivity index (χ4n) is 2.60. The summed E-state index contributed by atoms with van der Waals surface area (Å²) in [5.74, 6) is 0.181. The molecule has 21 heavy (non-hydrogen) atoms. The van der Waals surface area contributed by atoms with E-state index in [1.807, 2.05) is 29.2 Å². The lowest BCUT2D eigenvalue weighted by molar-refractivity contribution is 0.0600. The van der Waals surface area contributed by atoms with Crippen LogP contribution in [-0.4, -0.2) is 35.4 Å². The Morgan fingerprint density at radius 1 is 1.52 bits per heavy atom. The monoisotopic (exact) mass is 305 g/mol. The van der Waals surface area contributed by atoms with E-state index in [2.05, 4.69) is 10.3 Å². The minimum atomic E-state index is -0.128. The second kappa shape index (κ2) is 5.87. The molecule has 2 heterocycles. The molecule has 0 radical (unpaired) electrons. The smallest absolute Gasteiger partial charge is 0.292 e. The third-order valence-electron chi connectivity index (χ3n) is 3.68. The van der Waals surface area contributed by atoms with Crippen LogP contribution < -0.4 is 5.32 Å². The number of amides is 1. The van der Waals surface area contributed by atoms with Crippen LogP contribution in [0.3, 0.4) is 0 Å². The Kier molecular flexibility index (Phi) is 3.94. The van der Waals surface area contributed by atoms with Gasteiger partial charge in [0, 0.05) is 24.7 Å². The van der Waals surface area contributed by atoms with Crippen molar-refractivity contribution in [2.75, 3.05) is 19.6 Å². The lowest BCUT2D eigenvalue weighted by Crippen LogP contribution is -2.48. The lowest BCUT2D eigenvalue weighted by Gasteiger charge is -2.36. The van der Waals surface area contributed by atoms with Crippen molar-refractivity contribution in [3.05, 3.63) is 52.7 Å². The summed E-state index contributed by atoms with van der Waals surface area (Å²) in [6.45, 7) is 3.85. The number of halogens is 1. The highest BCUT2D eigenvalue weighted by Crippen LogP contribution is 2.26. The number of hydrogen-bond donors (Lipinski definition) is 1. The fourth-order valence-corrected chi connectivity index (χ4v) is 2.80. The summed E-state index contributed by atoms with van der Waals surface area (Å²) in [6.07, 6.45) is 1.30. The largest absolute Gasteiger partial charge is 0.438 e. The van der Waals surface area contributed by atoms with Crippen molar-refractivity contribution in [1.82, 2.24) is 15.2 Å². The zero-order valence-corrected chi connectivity index (χ0v) is 12.4. The maximum Gasteiger partial charge on any atom is 0.292 e. The molecule has 0 bridgehead atoms. The molecule has 1 saturated heterocycles. The van der Waals surface area contributed by atoms with Crippen molar-refractivity contribution in [2.24, 2.45) is 0 Å². The number of carbonyl (C=O) groups is 1. The minimum absolute atomic E-state index is 0.0607. The van der Waals surface area contributed by atoms with Crippen LogP contribution in [0.2, 0.25) is 5.02 Å². The van der Waals surface area contributed by atoms with Gasteiger partial charge in [-0.15, -0.1) is 0 Å². The van der Waals surface area contributed by atoms with Crippen LogP contribution in [0.4, 0.5) is 0 Å². The second-order valence-electron chi connectivity index (χ2n) is 5.04. The van der Waals surface area contributed by atoms with Gasteiger partial charge in [0.15, 0.2) is 6.39 Å². The van der Waals surface area contributed by atoms with E-state index < -0.39 is 0 Å². The SMILES string of the molecule is Cc1ncoc1C(=O)N1CCNCC1c1cccc(Cl)c1. The Morgan fingerprint density at radius 2 is 2.38 bits per heavy atom. The first-order valence-corrected chi connectivity index (χ1v) is 7.22. The molecule has 110 valence electrons. The summed E-state index contributed by atoms with van der Waals surface area (Å²) in [5, 5.41) is 3.98. The van der Waals surface area contributed by atoms with Gasteiger partial charge in [0.1, 0.15) is 0 Å². The molecule has 1 aromatic heterocycles. The van der Waals surface area contributed by atoms with E-state index in [9.17, 15) is 4.79 Å². The molecule has 1 fully saturated rings. The number of carbonyl (C=O) groups excluding carboxylic acids is 1. The molecular weight excluding hydrogens is 290 g/mol. The molecule has 1 aliphatic heterocycles. The van der Waals surface area contributed by atoms with Crippen molar-refractivity contribution in [3.8, 4) is 0 Å². The standard InChI is InChI=1S/C15H16ClN3O2/c1-10-14(21-9-18-10)15(20)19-6-5-17-8-13(19)11-3-2-4-12(16)7-11/h2-4,7,9,13,17H,5-6,8H2,1H3. The van der Waals surface area contributed by atoms with Gasteiger partial charge in [-0.25, -0.2) is 4.98 Å². The highest BCUT2D eigenvalue weighted by atomic mass is 35.5. The highest BCUT2D eigenvalue weighted by molar-refractivity contribution is 6.30. The van der Waals surface area contributed by atoms with Crippen molar-refractivity contribution in [1.29, 1.82) is 0 Å². The van der Waals surface area contributed by atoms with Crippen LogP contribution in [0.1, 0.15) is 27.9 Å². The summed E-state index contributed by atoms with van der Waals surface area (Å²) in [5.41, 5.74) is 1.63. The number of rotatable bonds is 2. The number of aromatic nitrogens is 1. The molecule has 0 aliphatic carbocycles. The predicted octanol–water partition coefficient (Wildman–Crippen LogP) is 2.42. The van der Waals surface area contributed by atoms with E-state index in [4.69, 9.17) is 16.0 Å². The normalized spacial score (nSPS) is 18.8. The van der Waals surface area contributed by atoms with Crippen LogP contribution in [0, 0.1) is 6.92 Å². The summed E-state index contributed by atoms with van der Waals surface area (Å²) < 4.78 is 5.24. The van der Waals surface area contributed by atoms with Crippen LogP contribution in [0.15, 0.2) is 35.1 Å². The Labute approximate surface area is 127 Å². The average molecular weight is 306 g/mol. The van der Waals surface area contributed by atoms with E-state index in [-0.39, 0.29) is 11.9 Å². The van der Waals surface area contributed by atoms with E-state index in [0.29, 0.717) is 29.6 Å². The number of nitrogens with one attached hydrogen (secondary N) is 1. The zero-order valence-electron chi connectivity index (χ0n) is 11.7. The molecule has 1 N–H and O–H groups in total. The molecule has 0 saturated carbocycles. The number of hydrogen-bond acceptors (Lipinski definition) is 4. The first kappa shape index (κ1) is 14.1. The third-order valence-corrected chi connectivity index (χ3v) is 3.91. The van der Waals surface area contributed by atoms with Crippen molar-refractivity contribution in [2.45, 2.75) is 13.0 Å². The van der Waals surface area contributed by atoms with Gasteiger partial charge in [-0.2, -0.15) is 0 Å². The van der Waals surface area contributed by atoms with Gasteiger partial charge in [-0.1, -0.05) is 23.7 Å². The summed E-state index contributed by atoms with van der Waals surface area (Å²) >= 11 is 6.06. The Balaban J connectivity index is 1.92. The Morgan fingerprint density at radius 3 is 3.10 bits per heavy atom. The van der Waals surface area contributed by atoms with Crippen molar-refractivity contribution in [3.63, 3.8) is 0 Å². The fraction of sp³-hybridized carbons (Fsp3) is 0.333. The topological polar surface area (TPSA) is 58.4 Å². The quantitative estimate of drug-likeness (QED) is 0.926. The number of benzene rings is 1. The molecule has 1 aliphatic rings. The maximum absolute atomic E-state index is 12.7. The van der Waals surface area contributed by atoms with E-state index in [1.165, 1.54) is 6.39 Å². The molecule has 3 rings (SSSR count). The van der Waals surface area contributed by atoms with E-state index >= 15 is 0 Å². The second-order valence-corrected chi connectivity index (χ2v) is 5.48. The molecule has 1 unspecified atom stereocenters. The van der Waals surface area contributed by atoms with E-state index in [0.717, 1.165) is 12.1 Å². The number of oxazole rings is 1. The van der Waals surface area contributed by atoms with Gasteiger partial charge in [0.05, 0.1) is 11.7 Å². The van der Waals surface area contributed by atoms with Crippen LogP contribution >= 0.6 is 11.6 Å². The number of nitrogens with zero attached hydrogens (tertiary/aromatic N) is 2. The highest BCUT2D eigenvalue weighted by Gasteiger charge is 2.31. The zero-order chi connectivity index (χ0) is 14.8. The van der Waals surface area contributed by atoms with Gasteiger partial charge >= 0.3 is 0 Å². The first-order valence-electron chi connectivity index (χ1n) is 6.84. The van der Waals surface area contributed by atoms with Gasteiger partial charge in [0.25, 0.3) is 5.91 Å². The van der Waals surface area contributed by atoms with Crippen molar-refractivity contribution < 1.29 is 9.21 Å². The Hall–Kier alpha value is -1.85. The lowest BCUT2D eigenvalue weighted by atomic mass is 10.0. The Bertz CT molecular complexity index is 656. The average Bonchev–Trinajstić information content (AvgIpc) is 2.93.